The molecule has 11 heteroatoms. The lowest BCUT2D eigenvalue weighted by molar-refractivity contribution is -0.140. The first-order valence-electron chi connectivity index (χ1n) is 14.6. The van der Waals surface area contributed by atoms with E-state index in [1.54, 1.807) is 24.3 Å². The number of halogens is 2. The van der Waals surface area contributed by atoms with Gasteiger partial charge in [-0.3, -0.25) is 13.9 Å². The second-order valence-electron chi connectivity index (χ2n) is 11.7. The molecule has 0 aliphatic heterocycles. The third-order valence-corrected chi connectivity index (χ3v) is 9.68. The summed E-state index contributed by atoms with van der Waals surface area (Å²) in [5.74, 6) is -0.571. The molecule has 0 heterocycles. The maximum atomic E-state index is 14.6. The second kappa shape index (κ2) is 15.2. The molecule has 8 nitrogen and oxygen atoms in total. The van der Waals surface area contributed by atoms with Gasteiger partial charge in [0.25, 0.3) is 10.0 Å². The van der Waals surface area contributed by atoms with Crippen molar-refractivity contribution in [1.82, 2.24) is 10.2 Å². The Kier molecular flexibility index (Phi) is 11.5. The van der Waals surface area contributed by atoms with E-state index >= 15 is 0 Å². The van der Waals surface area contributed by atoms with E-state index in [1.807, 2.05) is 75.4 Å². The van der Waals surface area contributed by atoms with E-state index in [4.69, 9.17) is 16.3 Å². The quantitative estimate of drug-likeness (QED) is 0.172. The van der Waals surface area contributed by atoms with Crippen molar-refractivity contribution >= 4 is 55.1 Å². The van der Waals surface area contributed by atoms with Crippen molar-refractivity contribution in [3.63, 3.8) is 0 Å². The third kappa shape index (κ3) is 9.11. The number of carbonyl (C=O) groups is 2. The van der Waals surface area contributed by atoms with E-state index in [0.29, 0.717) is 5.75 Å². The van der Waals surface area contributed by atoms with Crippen LogP contribution in [0.5, 0.6) is 5.75 Å². The number of nitrogens with one attached hydrogen (secondary N) is 1. The molecular weight excluding hydrogens is 690 g/mol. The van der Waals surface area contributed by atoms with Crippen LogP contribution in [0.4, 0.5) is 5.69 Å². The average Bonchev–Trinajstić information content (AvgIpc) is 3.02. The summed E-state index contributed by atoms with van der Waals surface area (Å²) >= 11 is 9.88. The van der Waals surface area contributed by atoms with Crippen molar-refractivity contribution in [3.05, 3.63) is 124 Å². The van der Waals surface area contributed by atoms with E-state index in [-0.39, 0.29) is 34.5 Å². The van der Waals surface area contributed by atoms with Gasteiger partial charge in [-0.05, 0) is 74.4 Å². The summed E-state index contributed by atoms with van der Waals surface area (Å²) in [6.45, 7) is 5.07. The zero-order valence-corrected chi connectivity index (χ0v) is 29.3. The van der Waals surface area contributed by atoms with Crippen molar-refractivity contribution in [1.29, 1.82) is 0 Å². The number of nitrogens with zero attached hydrogens (tertiary/aromatic N) is 2. The van der Waals surface area contributed by atoms with E-state index < -0.39 is 34.1 Å². The van der Waals surface area contributed by atoms with Gasteiger partial charge in [-0.2, -0.15) is 0 Å². The van der Waals surface area contributed by atoms with Crippen LogP contribution >= 0.6 is 27.5 Å². The van der Waals surface area contributed by atoms with Crippen molar-refractivity contribution in [2.24, 2.45) is 0 Å². The summed E-state index contributed by atoms with van der Waals surface area (Å²) in [7, 11) is -2.79. The largest absolute Gasteiger partial charge is 0.495 e. The third-order valence-electron chi connectivity index (χ3n) is 7.07. The standard InChI is InChI=1S/C35H37BrClN3O5S/c1-35(2,3)38-34(42)31(21-25-11-7-5-8-12-25)39(23-26-15-17-27(36)18-16-26)33(41)24-40(28-19-20-32(45-4)30(37)22-28)46(43,44)29-13-9-6-10-14-29/h5-20,22,31H,21,23-24H2,1-4H3,(H,38,42)/t31-/m1/s1. The summed E-state index contributed by atoms with van der Waals surface area (Å²) < 4.78 is 35.4. The van der Waals surface area contributed by atoms with Crippen LogP contribution in [0.1, 0.15) is 31.9 Å². The molecule has 0 aromatic heterocycles. The number of ether oxygens (including phenoxy) is 1. The van der Waals surface area contributed by atoms with Crippen LogP contribution in [0, 0.1) is 0 Å². The normalized spacial score (nSPS) is 12.2. The van der Waals surface area contributed by atoms with Crippen LogP contribution in [0.3, 0.4) is 0 Å². The zero-order chi connectivity index (χ0) is 33.5. The average molecular weight is 727 g/mol. The Morgan fingerprint density at radius 1 is 0.891 bits per heavy atom. The predicted octanol–water partition coefficient (Wildman–Crippen LogP) is 6.86. The first-order valence-corrected chi connectivity index (χ1v) is 17.2. The summed E-state index contributed by atoms with van der Waals surface area (Å²) in [6, 6.07) is 28.3. The van der Waals surface area contributed by atoms with Crippen molar-refractivity contribution in [2.45, 2.75) is 50.2 Å². The Bertz CT molecular complexity index is 1750. The molecular formula is C35H37BrClN3O5S. The molecule has 0 aliphatic rings. The predicted molar refractivity (Wildman–Crippen MR) is 185 cm³/mol. The van der Waals surface area contributed by atoms with Crippen LogP contribution in [0.2, 0.25) is 5.02 Å². The minimum Gasteiger partial charge on any atom is -0.495 e. The number of sulfonamides is 1. The molecule has 0 radical (unpaired) electrons. The van der Waals surface area contributed by atoms with Gasteiger partial charge < -0.3 is 15.0 Å². The molecule has 4 aromatic rings. The lowest BCUT2D eigenvalue weighted by atomic mass is 10.0. The van der Waals surface area contributed by atoms with Crippen LogP contribution in [-0.2, 0) is 32.6 Å². The van der Waals surface area contributed by atoms with E-state index in [9.17, 15) is 18.0 Å². The fourth-order valence-corrected chi connectivity index (χ4v) is 6.80. The smallest absolute Gasteiger partial charge is 0.264 e. The van der Waals surface area contributed by atoms with Crippen LogP contribution < -0.4 is 14.4 Å². The maximum Gasteiger partial charge on any atom is 0.264 e. The Balaban J connectivity index is 1.83. The number of amides is 2. The SMILES string of the molecule is COc1ccc(N(CC(=O)N(Cc2ccc(Br)cc2)[C@H](Cc2ccccc2)C(=O)NC(C)(C)C)S(=O)(=O)c2ccccc2)cc1Cl. The lowest BCUT2D eigenvalue weighted by Crippen LogP contribution is -2.56. The number of rotatable bonds is 12. The Morgan fingerprint density at radius 3 is 2.07 bits per heavy atom. The number of methoxy groups -OCH3 is 1. The monoisotopic (exact) mass is 725 g/mol. The number of anilines is 1. The number of benzene rings is 4. The highest BCUT2D eigenvalue weighted by molar-refractivity contribution is 9.10. The van der Waals surface area contributed by atoms with Crippen LogP contribution in [-0.4, -0.2) is 50.4 Å². The molecule has 0 unspecified atom stereocenters. The molecule has 0 saturated carbocycles. The molecule has 0 bridgehead atoms. The Morgan fingerprint density at radius 2 is 1.50 bits per heavy atom. The molecule has 0 fully saturated rings. The highest BCUT2D eigenvalue weighted by Crippen LogP contribution is 2.32. The molecule has 242 valence electrons. The van der Waals surface area contributed by atoms with E-state index in [2.05, 4.69) is 21.2 Å². The number of hydrogen-bond donors (Lipinski definition) is 1. The van der Waals surface area contributed by atoms with Crippen molar-refractivity contribution in [3.8, 4) is 5.75 Å². The van der Waals surface area contributed by atoms with Gasteiger partial charge in [0, 0.05) is 23.0 Å². The maximum absolute atomic E-state index is 14.6. The first kappa shape index (κ1) is 35.0. The molecule has 4 aromatic carbocycles. The molecule has 4 rings (SSSR count). The van der Waals surface area contributed by atoms with Gasteiger partial charge in [0.15, 0.2) is 0 Å². The topological polar surface area (TPSA) is 96.0 Å². The zero-order valence-electron chi connectivity index (χ0n) is 26.1. The fourth-order valence-electron chi connectivity index (χ4n) is 4.85. The molecule has 0 spiro atoms. The summed E-state index contributed by atoms with van der Waals surface area (Å²) in [5.41, 5.74) is 1.20. The molecule has 2 amide bonds. The highest BCUT2D eigenvalue weighted by Gasteiger charge is 2.35. The van der Waals surface area contributed by atoms with Gasteiger partial charge in [-0.25, -0.2) is 8.42 Å². The molecule has 46 heavy (non-hydrogen) atoms. The Labute approximate surface area is 284 Å². The molecule has 1 atom stereocenters. The van der Waals surface area contributed by atoms with Crippen molar-refractivity contribution < 1.29 is 22.7 Å². The fraction of sp³-hybridized carbons (Fsp3) is 0.257. The van der Waals surface area contributed by atoms with Crippen LogP contribution in [0.25, 0.3) is 0 Å². The van der Waals surface area contributed by atoms with Crippen LogP contribution in [0.15, 0.2) is 112 Å². The molecule has 0 aliphatic carbocycles. The molecule has 1 N–H and O–H groups in total. The van der Waals surface area contributed by atoms with Gasteiger partial charge in [0.2, 0.25) is 11.8 Å². The lowest BCUT2D eigenvalue weighted by Gasteiger charge is -2.35. The first-order chi connectivity index (χ1) is 21.8. The van der Waals surface area contributed by atoms with E-state index in [1.165, 1.54) is 36.3 Å². The minimum atomic E-state index is -4.25. The van der Waals surface area contributed by atoms with Gasteiger partial charge in [-0.1, -0.05) is 88.2 Å². The van der Waals surface area contributed by atoms with Gasteiger partial charge in [0.1, 0.15) is 18.3 Å². The Hall–Kier alpha value is -3.86. The summed E-state index contributed by atoms with van der Waals surface area (Å²) in [4.78, 5) is 30.0. The number of hydrogen-bond acceptors (Lipinski definition) is 5. The molecule has 0 saturated heterocycles. The number of carbonyl (C=O) groups excluding carboxylic acids is 2. The minimum absolute atomic E-state index is 0.000473. The highest BCUT2D eigenvalue weighted by atomic mass is 79.9. The van der Waals surface area contributed by atoms with Crippen molar-refractivity contribution in [2.75, 3.05) is 18.0 Å². The van der Waals surface area contributed by atoms with Gasteiger partial charge >= 0.3 is 0 Å². The van der Waals surface area contributed by atoms with Gasteiger partial charge in [0.05, 0.1) is 22.7 Å². The summed E-state index contributed by atoms with van der Waals surface area (Å²) in [5, 5.41) is 3.21. The second-order valence-corrected chi connectivity index (χ2v) is 14.9. The van der Waals surface area contributed by atoms with E-state index in [0.717, 1.165) is 19.9 Å². The summed E-state index contributed by atoms with van der Waals surface area (Å²) in [6.07, 6.45) is 0.213. The van der Waals surface area contributed by atoms with Gasteiger partial charge in [-0.15, -0.1) is 0 Å².